The predicted octanol–water partition coefficient (Wildman–Crippen LogP) is 6.12. The molecule has 6 heterocycles. The van der Waals surface area contributed by atoms with Gasteiger partial charge in [0.25, 0.3) is 0 Å². The van der Waals surface area contributed by atoms with Crippen LogP contribution in [-0.4, -0.2) is 81.7 Å². The van der Waals surface area contributed by atoms with Gasteiger partial charge in [0.15, 0.2) is 0 Å². The minimum atomic E-state index is -0.817. The first-order valence-electron chi connectivity index (χ1n) is 17.9. The van der Waals surface area contributed by atoms with Gasteiger partial charge >= 0.3 is 5.97 Å². The Bertz CT molecular complexity index is 1660. The first kappa shape index (κ1) is 35.1. The van der Waals surface area contributed by atoms with Gasteiger partial charge in [-0.2, -0.15) is 4.98 Å². The fraction of sp³-hybridized carbons (Fsp3) is 0.590. The molecule has 3 fully saturated rings. The zero-order valence-corrected chi connectivity index (χ0v) is 30.4. The summed E-state index contributed by atoms with van der Waals surface area (Å²) in [5.74, 6) is 0.954. The molecule has 4 aliphatic rings. The monoisotopic (exact) mass is 670 g/mol. The summed E-state index contributed by atoms with van der Waals surface area (Å²) < 4.78 is 6.02. The van der Waals surface area contributed by atoms with E-state index in [2.05, 4.69) is 58.7 Å². The highest BCUT2D eigenvalue weighted by atomic mass is 16.5. The summed E-state index contributed by atoms with van der Waals surface area (Å²) in [7, 11) is 0. The maximum absolute atomic E-state index is 12.0. The van der Waals surface area contributed by atoms with Gasteiger partial charge in [-0.1, -0.05) is 32.0 Å². The van der Waals surface area contributed by atoms with Gasteiger partial charge in [-0.25, -0.2) is 4.98 Å². The molecule has 0 radical (unpaired) electrons. The van der Waals surface area contributed by atoms with E-state index < -0.39 is 11.6 Å². The Kier molecular flexibility index (Phi) is 9.93. The second kappa shape index (κ2) is 13.9. The minimum absolute atomic E-state index is 0.0199. The number of benzene rings is 1. The highest BCUT2D eigenvalue weighted by molar-refractivity contribution is 5.86. The van der Waals surface area contributed by atoms with Gasteiger partial charge in [0.05, 0.1) is 29.9 Å². The number of fused-ring (bicyclic) bond motifs is 3. The van der Waals surface area contributed by atoms with Crippen LogP contribution in [0.4, 0.5) is 17.5 Å². The van der Waals surface area contributed by atoms with Gasteiger partial charge in [-0.15, -0.1) is 0 Å². The number of morpholine rings is 1. The number of nitrogens with zero attached hydrogens (tertiary/aromatic N) is 6. The van der Waals surface area contributed by atoms with Crippen molar-refractivity contribution in [2.75, 3.05) is 47.4 Å². The van der Waals surface area contributed by atoms with Crippen molar-refractivity contribution < 1.29 is 19.7 Å². The number of hydrogen-bond donors (Lipinski definition) is 2. The van der Waals surface area contributed by atoms with Crippen LogP contribution in [0.3, 0.4) is 0 Å². The minimum Gasteiger partial charge on any atom is -0.481 e. The molecular weight excluding hydrogens is 616 g/mol. The smallest absolute Gasteiger partial charge is 0.307 e. The number of aromatic nitrogens is 3. The van der Waals surface area contributed by atoms with E-state index >= 15 is 0 Å². The van der Waals surface area contributed by atoms with Crippen LogP contribution in [-0.2, 0) is 28.9 Å². The van der Waals surface area contributed by atoms with E-state index in [0.717, 1.165) is 117 Å². The van der Waals surface area contributed by atoms with Gasteiger partial charge in [0.2, 0.25) is 5.95 Å². The molecule has 0 spiro atoms. The fourth-order valence-corrected chi connectivity index (χ4v) is 7.61. The fourth-order valence-electron chi connectivity index (χ4n) is 7.61. The molecule has 2 N–H and O–H groups in total. The number of pyridine rings is 1. The van der Waals surface area contributed by atoms with Gasteiger partial charge in [0.1, 0.15) is 5.82 Å². The van der Waals surface area contributed by atoms with Crippen molar-refractivity contribution in [2.24, 2.45) is 5.41 Å². The lowest BCUT2D eigenvalue weighted by atomic mass is 9.82. The molecule has 264 valence electrons. The Labute approximate surface area is 291 Å². The summed E-state index contributed by atoms with van der Waals surface area (Å²) in [6.07, 6.45) is 7.79. The maximum atomic E-state index is 12.0. The molecule has 49 heavy (non-hydrogen) atoms. The summed E-state index contributed by atoms with van der Waals surface area (Å²) in [5.41, 5.74) is 8.32. The Balaban J connectivity index is 0.000000778. The van der Waals surface area contributed by atoms with Crippen LogP contribution in [0.5, 0.6) is 0 Å². The van der Waals surface area contributed by atoms with Gasteiger partial charge in [-0.3, -0.25) is 9.78 Å². The number of carboxylic acids is 1. The van der Waals surface area contributed by atoms with Crippen molar-refractivity contribution in [3.05, 3.63) is 58.5 Å². The van der Waals surface area contributed by atoms with Crippen LogP contribution in [0.25, 0.3) is 11.1 Å². The SMILES string of the molecule is CC(C)(C)O.Cc1nc(C)c(-c2ccc3c(c2)CCN(c2ccnc(N4CC5CCC(C4)O5)n2)C3)c(N2CCC(C)(C)CC2)c1CC(=O)O. The van der Waals surface area contributed by atoms with E-state index in [1.165, 1.54) is 11.1 Å². The normalized spacial score (nSPS) is 21.6. The molecule has 0 saturated carbocycles. The van der Waals surface area contributed by atoms with Crippen LogP contribution in [0, 0.1) is 19.3 Å². The highest BCUT2D eigenvalue weighted by Crippen LogP contribution is 2.42. The van der Waals surface area contributed by atoms with Crippen LogP contribution < -0.4 is 14.7 Å². The second-order valence-corrected chi connectivity index (χ2v) is 16.1. The number of carbonyl (C=O) groups is 1. The topological polar surface area (TPSA) is 115 Å². The molecule has 1 aromatic carbocycles. The largest absolute Gasteiger partial charge is 0.481 e. The zero-order chi connectivity index (χ0) is 35.1. The van der Waals surface area contributed by atoms with E-state index in [-0.39, 0.29) is 6.42 Å². The molecule has 2 aromatic heterocycles. The molecule has 0 aliphatic carbocycles. The van der Waals surface area contributed by atoms with Crippen molar-refractivity contribution in [2.45, 2.75) is 111 Å². The lowest BCUT2D eigenvalue weighted by Crippen LogP contribution is -2.43. The summed E-state index contributed by atoms with van der Waals surface area (Å²) in [6.45, 7) is 19.1. The number of ether oxygens (including phenoxy) is 1. The number of rotatable bonds is 6. The molecule has 2 atom stereocenters. The zero-order valence-electron chi connectivity index (χ0n) is 30.4. The number of carboxylic acid groups (broad SMARTS) is 1. The third kappa shape index (κ3) is 8.35. The van der Waals surface area contributed by atoms with Gasteiger partial charge in [0, 0.05) is 68.0 Å². The number of piperidine rings is 1. The molecule has 3 aromatic rings. The lowest BCUT2D eigenvalue weighted by molar-refractivity contribution is -0.136. The Morgan fingerprint density at radius 3 is 2.27 bits per heavy atom. The van der Waals surface area contributed by atoms with E-state index in [1.807, 2.05) is 19.2 Å². The second-order valence-electron chi connectivity index (χ2n) is 16.1. The van der Waals surface area contributed by atoms with E-state index in [1.54, 1.807) is 20.8 Å². The predicted molar refractivity (Wildman–Crippen MR) is 195 cm³/mol. The quantitative estimate of drug-likeness (QED) is 0.318. The molecule has 3 saturated heterocycles. The molecular formula is C39H54N6O4. The van der Waals surface area contributed by atoms with E-state index in [4.69, 9.17) is 19.8 Å². The molecule has 10 nitrogen and oxygen atoms in total. The average molecular weight is 671 g/mol. The van der Waals surface area contributed by atoms with E-state index in [9.17, 15) is 9.90 Å². The van der Waals surface area contributed by atoms with E-state index in [0.29, 0.717) is 17.6 Å². The number of anilines is 3. The van der Waals surface area contributed by atoms with Crippen LogP contribution in [0.1, 0.15) is 88.4 Å². The molecule has 2 bridgehead atoms. The van der Waals surface area contributed by atoms with Crippen molar-refractivity contribution >= 4 is 23.4 Å². The van der Waals surface area contributed by atoms with Crippen LogP contribution in [0.2, 0.25) is 0 Å². The molecule has 2 unspecified atom stereocenters. The lowest BCUT2D eigenvalue weighted by Gasteiger charge is -2.40. The number of hydrogen-bond acceptors (Lipinski definition) is 9. The Morgan fingerprint density at radius 2 is 1.61 bits per heavy atom. The standard InChI is InChI=1S/C35H44N6O3.C4H10O/c1-22-29(18-31(42)43)33(39-15-11-35(3,4)12-16-39)32(23(2)37-22)25-5-6-26-19-40(14-10-24(26)17-25)30-9-13-36-34(38-30)41-20-27-7-8-28(21-41)44-27;1-4(2,3)5/h5-6,9,13,17,27-28H,7-8,10-12,14-16,18-21H2,1-4H3,(H,42,43);5H,1-3H3. The average Bonchev–Trinajstić information content (AvgIpc) is 3.37. The molecule has 10 heteroatoms. The first-order valence-corrected chi connectivity index (χ1v) is 17.9. The first-order chi connectivity index (χ1) is 23.1. The summed E-state index contributed by atoms with van der Waals surface area (Å²) in [6, 6.07) is 8.80. The molecule has 7 rings (SSSR count). The van der Waals surface area contributed by atoms with Crippen molar-refractivity contribution in [1.29, 1.82) is 0 Å². The summed E-state index contributed by atoms with van der Waals surface area (Å²) in [5, 5.41) is 18.4. The third-order valence-electron chi connectivity index (χ3n) is 10.2. The highest BCUT2D eigenvalue weighted by Gasteiger charge is 2.35. The molecule has 4 aliphatic heterocycles. The summed E-state index contributed by atoms with van der Waals surface area (Å²) >= 11 is 0. The van der Waals surface area contributed by atoms with Crippen LogP contribution >= 0.6 is 0 Å². The third-order valence-corrected chi connectivity index (χ3v) is 10.2. The Morgan fingerprint density at radius 1 is 0.939 bits per heavy atom. The van der Waals surface area contributed by atoms with Crippen molar-refractivity contribution in [3.8, 4) is 11.1 Å². The number of aliphatic carboxylic acids is 1. The van der Waals surface area contributed by atoms with Crippen LogP contribution in [0.15, 0.2) is 30.5 Å². The Hall–Kier alpha value is -3.76. The summed E-state index contributed by atoms with van der Waals surface area (Å²) in [4.78, 5) is 33.6. The van der Waals surface area contributed by atoms with Crippen molar-refractivity contribution in [1.82, 2.24) is 15.0 Å². The number of aryl methyl sites for hydroxylation is 2. The van der Waals surface area contributed by atoms with Gasteiger partial charge < -0.3 is 29.6 Å². The van der Waals surface area contributed by atoms with Crippen molar-refractivity contribution in [3.63, 3.8) is 0 Å². The molecule has 0 amide bonds. The van der Waals surface area contributed by atoms with Gasteiger partial charge in [-0.05, 0) is 94.9 Å². The number of aliphatic hydroxyl groups is 1. The maximum Gasteiger partial charge on any atom is 0.307 e.